The molecule has 2 aliphatic heterocycles. The lowest BCUT2D eigenvalue weighted by Gasteiger charge is -2.47. The van der Waals surface area contributed by atoms with Crippen molar-refractivity contribution in [1.82, 2.24) is 9.80 Å². The Kier molecular flexibility index (Phi) is 6.19. The Morgan fingerprint density at radius 3 is 2.39 bits per heavy atom. The summed E-state index contributed by atoms with van der Waals surface area (Å²) in [5.74, 6) is -0.372. The van der Waals surface area contributed by atoms with Crippen molar-refractivity contribution in [2.75, 3.05) is 26.2 Å². The Morgan fingerprint density at radius 1 is 1.18 bits per heavy atom. The van der Waals surface area contributed by atoms with Gasteiger partial charge >= 0.3 is 6.18 Å². The Balaban J connectivity index is 1.45. The number of nitrogens with zero attached hydrogens (tertiary/aromatic N) is 2. The predicted octanol–water partition coefficient (Wildman–Crippen LogP) is 2.70. The zero-order valence-electron chi connectivity index (χ0n) is 15.3. The molecular formula is C19H23ClF3N3O2. The van der Waals surface area contributed by atoms with Gasteiger partial charge in [0.1, 0.15) is 0 Å². The summed E-state index contributed by atoms with van der Waals surface area (Å²) in [4.78, 5) is 27.5. The molecule has 3 rings (SSSR count). The molecule has 0 unspecified atom stereocenters. The minimum Gasteiger partial charge on any atom is -0.369 e. The van der Waals surface area contributed by atoms with Gasteiger partial charge in [0.15, 0.2) is 0 Å². The minimum atomic E-state index is -4.51. The number of hydrogen-bond acceptors (Lipinski definition) is 3. The van der Waals surface area contributed by atoms with Crippen molar-refractivity contribution in [2.24, 2.45) is 11.7 Å². The van der Waals surface area contributed by atoms with E-state index in [2.05, 4.69) is 4.90 Å². The maximum Gasteiger partial charge on any atom is 0.417 e. The van der Waals surface area contributed by atoms with Crippen LogP contribution in [0.15, 0.2) is 18.2 Å². The highest BCUT2D eigenvalue weighted by molar-refractivity contribution is 6.31. The molecular weight excluding hydrogens is 395 g/mol. The molecule has 154 valence electrons. The van der Waals surface area contributed by atoms with Crippen LogP contribution in [-0.4, -0.2) is 53.8 Å². The molecule has 0 saturated carbocycles. The summed E-state index contributed by atoms with van der Waals surface area (Å²) < 4.78 is 38.8. The molecule has 2 N–H and O–H groups in total. The van der Waals surface area contributed by atoms with Gasteiger partial charge in [-0.1, -0.05) is 17.7 Å². The van der Waals surface area contributed by atoms with Crippen molar-refractivity contribution in [3.05, 3.63) is 34.3 Å². The van der Waals surface area contributed by atoms with Gasteiger partial charge < -0.3 is 10.6 Å². The van der Waals surface area contributed by atoms with E-state index >= 15 is 0 Å². The monoisotopic (exact) mass is 417 g/mol. The van der Waals surface area contributed by atoms with Gasteiger partial charge in [-0.2, -0.15) is 13.2 Å². The van der Waals surface area contributed by atoms with Crippen LogP contribution in [0.5, 0.6) is 0 Å². The lowest BCUT2D eigenvalue weighted by Crippen LogP contribution is -2.62. The number of halogens is 4. The number of rotatable bonds is 5. The smallest absolute Gasteiger partial charge is 0.369 e. The van der Waals surface area contributed by atoms with Crippen molar-refractivity contribution >= 4 is 23.4 Å². The first-order valence-electron chi connectivity index (χ1n) is 9.32. The maximum absolute atomic E-state index is 12.9. The summed E-state index contributed by atoms with van der Waals surface area (Å²) in [5, 5.41) is -0.340. The first-order chi connectivity index (χ1) is 13.1. The van der Waals surface area contributed by atoms with Gasteiger partial charge in [-0.3, -0.25) is 14.5 Å². The summed E-state index contributed by atoms with van der Waals surface area (Å²) in [6.07, 6.45) is -2.61. The number of hydrogen-bond donors (Lipinski definition) is 1. The Labute approximate surface area is 166 Å². The Morgan fingerprint density at radius 2 is 1.82 bits per heavy atom. The lowest BCUT2D eigenvalue weighted by molar-refractivity contribution is -0.139. The molecule has 2 fully saturated rings. The largest absolute Gasteiger partial charge is 0.417 e. The van der Waals surface area contributed by atoms with Crippen LogP contribution in [0.2, 0.25) is 5.02 Å². The number of nitrogens with two attached hydrogens (primary N) is 1. The topological polar surface area (TPSA) is 66.6 Å². The van der Waals surface area contributed by atoms with Gasteiger partial charge in [0.2, 0.25) is 11.8 Å². The van der Waals surface area contributed by atoms with Gasteiger partial charge in [-0.25, -0.2) is 0 Å². The van der Waals surface area contributed by atoms with Crippen LogP contribution in [0.25, 0.3) is 0 Å². The number of likely N-dealkylation sites (tertiary alicyclic amines) is 2. The standard InChI is InChI=1S/C19H23ClF3N3O2/c20-16-3-1-12(9-15(16)19(21,22)23)2-4-17(27)26-10-14(11-26)25-7-5-13(6-8-25)18(24)28/h1,3,9,13-14H,2,4-8,10-11H2,(H2,24,28). The summed E-state index contributed by atoms with van der Waals surface area (Å²) in [6, 6.07) is 4.04. The van der Waals surface area contributed by atoms with E-state index in [1.54, 1.807) is 4.90 Å². The normalized spacial score (nSPS) is 19.5. The molecule has 1 aromatic carbocycles. The highest BCUT2D eigenvalue weighted by Gasteiger charge is 2.37. The number of carbonyl (C=O) groups is 2. The first kappa shape index (κ1) is 20.9. The number of carbonyl (C=O) groups excluding carboxylic acids is 2. The molecule has 0 aromatic heterocycles. The summed E-state index contributed by atoms with van der Waals surface area (Å²) >= 11 is 5.62. The number of amides is 2. The Hall–Kier alpha value is -1.80. The van der Waals surface area contributed by atoms with Gasteiger partial charge in [0, 0.05) is 31.5 Å². The molecule has 9 heteroatoms. The molecule has 0 radical (unpaired) electrons. The van der Waals surface area contributed by atoms with Crippen LogP contribution in [0, 0.1) is 5.92 Å². The zero-order chi connectivity index (χ0) is 20.5. The van der Waals surface area contributed by atoms with E-state index in [-0.39, 0.29) is 41.6 Å². The Bertz CT molecular complexity index is 742. The molecule has 0 atom stereocenters. The van der Waals surface area contributed by atoms with E-state index in [0.717, 1.165) is 32.0 Å². The fourth-order valence-corrected chi connectivity index (χ4v) is 4.02. The van der Waals surface area contributed by atoms with Crippen molar-refractivity contribution in [3.63, 3.8) is 0 Å². The number of aryl methyl sites for hydroxylation is 1. The van der Waals surface area contributed by atoms with Crippen molar-refractivity contribution < 1.29 is 22.8 Å². The van der Waals surface area contributed by atoms with Gasteiger partial charge in [0.05, 0.1) is 10.6 Å². The van der Waals surface area contributed by atoms with Crippen molar-refractivity contribution in [1.29, 1.82) is 0 Å². The second-order valence-corrected chi connectivity index (χ2v) is 7.88. The zero-order valence-corrected chi connectivity index (χ0v) is 16.1. The summed E-state index contributed by atoms with van der Waals surface area (Å²) in [5.41, 5.74) is 4.91. The highest BCUT2D eigenvalue weighted by Crippen LogP contribution is 2.35. The van der Waals surface area contributed by atoms with Crippen molar-refractivity contribution in [3.8, 4) is 0 Å². The second-order valence-electron chi connectivity index (χ2n) is 7.48. The van der Waals surface area contributed by atoms with Crippen LogP contribution >= 0.6 is 11.6 Å². The molecule has 5 nitrogen and oxygen atoms in total. The minimum absolute atomic E-state index is 0.0602. The van der Waals surface area contributed by atoms with Gasteiger partial charge in [-0.15, -0.1) is 0 Å². The van der Waals surface area contributed by atoms with E-state index in [0.29, 0.717) is 18.7 Å². The van der Waals surface area contributed by atoms with Crippen LogP contribution in [-0.2, 0) is 22.2 Å². The summed E-state index contributed by atoms with van der Waals surface area (Å²) in [7, 11) is 0. The van der Waals surface area contributed by atoms with E-state index in [1.165, 1.54) is 12.1 Å². The molecule has 2 amide bonds. The fraction of sp³-hybridized carbons (Fsp3) is 0.579. The molecule has 2 saturated heterocycles. The summed E-state index contributed by atoms with van der Waals surface area (Å²) in [6.45, 7) is 2.83. The van der Waals surface area contributed by atoms with Crippen LogP contribution in [0.4, 0.5) is 13.2 Å². The number of primary amides is 1. The second kappa shape index (κ2) is 8.29. The quantitative estimate of drug-likeness (QED) is 0.801. The molecule has 0 bridgehead atoms. The molecule has 28 heavy (non-hydrogen) atoms. The SMILES string of the molecule is NC(=O)C1CCN(C2CN(C(=O)CCc3ccc(Cl)c(C(F)(F)F)c3)C2)CC1. The lowest BCUT2D eigenvalue weighted by atomic mass is 9.93. The van der Waals surface area contributed by atoms with Gasteiger partial charge in [0.25, 0.3) is 0 Å². The average molecular weight is 418 g/mol. The third kappa shape index (κ3) is 4.78. The molecule has 0 aliphatic carbocycles. The van der Waals surface area contributed by atoms with Crippen LogP contribution in [0.1, 0.15) is 30.4 Å². The molecule has 1 aromatic rings. The molecule has 2 aliphatic rings. The van der Waals surface area contributed by atoms with Crippen LogP contribution in [0.3, 0.4) is 0 Å². The van der Waals surface area contributed by atoms with E-state index in [4.69, 9.17) is 17.3 Å². The van der Waals surface area contributed by atoms with Gasteiger partial charge in [-0.05, 0) is 50.0 Å². The number of benzene rings is 1. The predicted molar refractivity (Wildman–Crippen MR) is 98.6 cm³/mol. The molecule has 0 spiro atoms. The number of piperidine rings is 1. The van der Waals surface area contributed by atoms with E-state index in [9.17, 15) is 22.8 Å². The fourth-order valence-electron chi connectivity index (χ4n) is 3.79. The van der Waals surface area contributed by atoms with E-state index in [1.807, 2.05) is 0 Å². The first-order valence-corrected chi connectivity index (χ1v) is 9.69. The average Bonchev–Trinajstić information content (AvgIpc) is 2.59. The number of alkyl halides is 3. The maximum atomic E-state index is 12.9. The van der Waals surface area contributed by atoms with Crippen LogP contribution < -0.4 is 5.73 Å². The third-order valence-electron chi connectivity index (χ3n) is 5.63. The molecule has 2 heterocycles. The van der Waals surface area contributed by atoms with Crippen molar-refractivity contribution in [2.45, 2.75) is 37.9 Å². The van der Waals surface area contributed by atoms with E-state index < -0.39 is 11.7 Å². The third-order valence-corrected chi connectivity index (χ3v) is 5.96. The highest BCUT2D eigenvalue weighted by atomic mass is 35.5.